The molecule has 2 rings (SSSR count). The fourth-order valence-corrected chi connectivity index (χ4v) is 3.31. The molecule has 0 aliphatic carbocycles. The van der Waals surface area contributed by atoms with Crippen LogP contribution in [0.25, 0.3) is 0 Å². The number of unbranched alkanes of at least 4 members (excludes halogenated alkanes) is 3. The molecular formula is C24H32ClN3O3S. The smallest absolute Gasteiger partial charge is 0.186 e. The third-order valence-corrected chi connectivity index (χ3v) is 5.28. The molecular weight excluding hydrogens is 446 g/mol. The van der Waals surface area contributed by atoms with Gasteiger partial charge in [0.25, 0.3) is 0 Å². The second-order valence-corrected chi connectivity index (χ2v) is 7.95. The third-order valence-electron chi connectivity index (χ3n) is 4.70. The predicted molar refractivity (Wildman–Crippen MR) is 136 cm³/mol. The van der Waals surface area contributed by atoms with Gasteiger partial charge in [-0.25, -0.2) is 0 Å². The summed E-state index contributed by atoms with van der Waals surface area (Å²) in [6, 6.07) is 11.8. The Hall–Kier alpha value is -2.51. The fourth-order valence-electron chi connectivity index (χ4n) is 2.99. The molecule has 0 fully saturated rings. The van der Waals surface area contributed by atoms with Crippen LogP contribution >= 0.6 is 23.8 Å². The highest BCUT2D eigenvalue weighted by Crippen LogP contribution is 2.36. The van der Waals surface area contributed by atoms with E-state index in [1.165, 1.54) is 31.2 Å². The zero-order valence-corrected chi connectivity index (χ0v) is 20.5. The highest BCUT2D eigenvalue weighted by atomic mass is 35.5. The SMILES string of the molecule is CCCCCCc1ccc(OCCOc2c(Cl)cc(/C=N\NC(=S)NC)cc2OC)cc1. The third kappa shape index (κ3) is 8.93. The van der Waals surface area contributed by atoms with Gasteiger partial charge in [-0.2, -0.15) is 5.10 Å². The van der Waals surface area contributed by atoms with Crippen LogP contribution < -0.4 is 25.0 Å². The van der Waals surface area contributed by atoms with E-state index < -0.39 is 0 Å². The molecule has 6 nitrogen and oxygen atoms in total. The highest BCUT2D eigenvalue weighted by Gasteiger charge is 2.12. The molecule has 0 unspecified atom stereocenters. The summed E-state index contributed by atoms with van der Waals surface area (Å²) in [5.74, 6) is 1.81. The molecule has 32 heavy (non-hydrogen) atoms. The number of hydrogen-bond donors (Lipinski definition) is 2. The first kappa shape index (κ1) is 25.7. The zero-order valence-electron chi connectivity index (χ0n) is 18.9. The summed E-state index contributed by atoms with van der Waals surface area (Å²) >= 11 is 11.4. The summed E-state index contributed by atoms with van der Waals surface area (Å²) in [6.07, 6.45) is 7.78. The van der Waals surface area contributed by atoms with Gasteiger partial charge in [0.05, 0.1) is 18.3 Å². The van der Waals surface area contributed by atoms with Gasteiger partial charge in [0.1, 0.15) is 19.0 Å². The minimum absolute atomic E-state index is 0.334. The Bertz CT molecular complexity index is 876. The van der Waals surface area contributed by atoms with Gasteiger partial charge in [0.2, 0.25) is 0 Å². The van der Waals surface area contributed by atoms with E-state index in [1.807, 2.05) is 12.1 Å². The lowest BCUT2D eigenvalue weighted by molar-refractivity contribution is 0.211. The molecule has 0 saturated heterocycles. The molecule has 2 N–H and O–H groups in total. The van der Waals surface area contributed by atoms with E-state index in [0.717, 1.165) is 17.7 Å². The molecule has 0 heterocycles. The van der Waals surface area contributed by atoms with Gasteiger partial charge >= 0.3 is 0 Å². The lowest BCUT2D eigenvalue weighted by Crippen LogP contribution is -2.28. The molecule has 0 amide bonds. The van der Waals surface area contributed by atoms with Crippen LogP contribution in [0.15, 0.2) is 41.5 Å². The van der Waals surface area contributed by atoms with E-state index >= 15 is 0 Å². The summed E-state index contributed by atoms with van der Waals surface area (Å²) < 4.78 is 17.0. The van der Waals surface area contributed by atoms with E-state index in [1.54, 1.807) is 32.5 Å². The summed E-state index contributed by atoms with van der Waals surface area (Å²) in [5, 5.41) is 7.66. The van der Waals surface area contributed by atoms with Crippen molar-refractivity contribution >= 4 is 35.1 Å². The van der Waals surface area contributed by atoms with Gasteiger partial charge in [0.15, 0.2) is 16.6 Å². The van der Waals surface area contributed by atoms with Gasteiger partial charge < -0.3 is 19.5 Å². The van der Waals surface area contributed by atoms with Crippen LogP contribution in [0.5, 0.6) is 17.2 Å². The number of nitrogens with zero attached hydrogens (tertiary/aromatic N) is 1. The molecule has 174 valence electrons. The van der Waals surface area contributed by atoms with Crippen molar-refractivity contribution in [3.05, 3.63) is 52.5 Å². The number of hydrogen-bond acceptors (Lipinski definition) is 5. The number of methoxy groups -OCH3 is 1. The first-order valence-electron chi connectivity index (χ1n) is 10.8. The Balaban J connectivity index is 1.83. The molecule has 0 saturated carbocycles. The quantitative estimate of drug-likeness (QED) is 0.175. The molecule has 0 aliphatic rings. The standard InChI is InChI=1S/C24H32ClN3O3S/c1-4-5-6-7-8-18-9-11-20(12-10-18)30-13-14-31-23-21(25)15-19(16-22(23)29-3)17-27-28-24(32)26-2/h9-12,15-17H,4-8,13-14H2,1-3H3,(H2,26,28,32)/b27-17-. The second-order valence-electron chi connectivity index (χ2n) is 7.13. The molecule has 8 heteroatoms. The molecule has 2 aromatic rings. The molecule has 0 radical (unpaired) electrons. The number of nitrogens with one attached hydrogen (secondary N) is 2. The topological polar surface area (TPSA) is 64.1 Å². The van der Waals surface area contributed by atoms with Crippen LogP contribution in [0.4, 0.5) is 0 Å². The Morgan fingerprint density at radius 2 is 1.84 bits per heavy atom. The number of aryl methyl sites for hydroxylation is 1. The number of thiocarbonyl (C=S) groups is 1. The Morgan fingerprint density at radius 1 is 1.09 bits per heavy atom. The summed E-state index contributed by atoms with van der Waals surface area (Å²) in [4.78, 5) is 0. The number of halogens is 1. The molecule has 0 aromatic heterocycles. The van der Waals surface area contributed by atoms with Crippen molar-refractivity contribution < 1.29 is 14.2 Å². The minimum Gasteiger partial charge on any atom is -0.493 e. The van der Waals surface area contributed by atoms with Crippen molar-refractivity contribution in [3.63, 3.8) is 0 Å². The number of hydrazone groups is 1. The first-order chi connectivity index (χ1) is 15.6. The lowest BCUT2D eigenvalue weighted by atomic mass is 10.1. The average Bonchev–Trinajstić information content (AvgIpc) is 2.81. The first-order valence-corrected chi connectivity index (χ1v) is 11.6. The molecule has 0 spiro atoms. The van der Waals surface area contributed by atoms with Crippen molar-refractivity contribution in [3.8, 4) is 17.2 Å². The monoisotopic (exact) mass is 477 g/mol. The van der Waals surface area contributed by atoms with Gasteiger partial charge in [-0.15, -0.1) is 0 Å². The van der Waals surface area contributed by atoms with E-state index in [2.05, 4.69) is 34.9 Å². The second kappa shape index (κ2) is 14.5. The van der Waals surface area contributed by atoms with E-state index in [-0.39, 0.29) is 0 Å². The Kier molecular flexibility index (Phi) is 11.7. The van der Waals surface area contributed by atoms with Gasteiger partial charge in [-0.3, -0.25) is 5.43 Å². The Labute approximate surface area is 201 Å². The Morgan fingerprint density at radius 3 is 2.53 bits per heavy atom. The molecule has 0 bridgehead atoms. The fraction of sp³-hybridized carbons (Fsp3) is 0.417. The minimum atomic E-state index is 0.334. The van der Waals surface area contributed by atoms with Crippen LogP contribution in [0, 0.1) is 0 Å². The summed E-state index contributed by atoms with van der Waals surface area (Å²) in [7, 11) is 3.28. The molecule has 2 aromatic carbocycles. The lowest BCUT2D eigenvalue weighted by Gasteiger charge is -2.14. The number of benzene rings is 2. The maximum Gasteiger partial charge on any atom is 0.186 e. The van der Waals surface area contributed by atoms with Crippen molar-refractivity contribution in [1.29, 1.82) is 0 Å². The van der Waals surface area contributed by atoms with Crippen molar-refractivity contribution in [2.24, 2.45) is 5.10 Å². The number of rotatable bonds is 13. The predicted octanol–water partition coefficient (Wildman–Crippen LogP) is 5.36. The van der Waals surface area contributed by atoms with E-state index in [9.17, 15) is 0 Å². The largest absolute Gasteiger partial charge is 0.493 e. The van der Waals surface area contributed by atoms with Crippen molar-refractivity contribution in [1.82, 2.24) is 10.7 Å². The maximum absolute atomic E-state index is 6.39. The molecule has 0 atom stereocenters. The summed E-state index contributed by atoms with van der Waals surface area (Å²) in [6.45, 7) is 2.95. The number of ether oxygens (including phenoxy) is 3. The normalized spacial score (nSPS) is 10.8. The van der Waals surface area contributed by atoms with Crippen LogP contribution in [0.1, 0.15) is 43.7 Å². The van der Waals surface area contributed by atoms with Gasteiger partial charge in [-0.1, -0.05) is 49.9 Å². The van der Waals surface area contributed by atoms with Crippen molar-refractivity contribution in [2.75, 3.05) is 27.4 Å². The van der Waals surface area contributed by atoms with E-state index in [0.29, 0.717) is 34.8 Å². The highest BCUT2D eigenvalue weighted by molar-refractivity contribution is 7.80. The van der Waals surface area contributed by atoms with Crippen LogP contribution in [-0.4, -0.2) is 38.7 Å². The van der Waals surface area contributed by atoms with Crippen molar-refractivity contribution in [2.45, 2.75) is 39.0 Å². The van der Waals surface area contributed by atoms with Crippen LogP contribution in [0.3, 0.4) is 0 Å². The maximum atomic E-state index is 6.39. The van der Waals surface area contributed by atoms with Gasteiger partial charge in [-0.05, 0) is 60.5 Å². The summed E-state index contributed by atoms with van der Waals surface area (Å²) in [5.41, 5.74) is 4.77. The van der Waals surface area contributed by atoms with Crippen LogP contribution in [0.2, 0.25) is 5.02 Å². The van der Waals surface area contributed by atoms with Crippen LogP contribution in [-0.2, 0) is 6.42 Å². The molecule has 0 aliphatic heterocycles. The van der Waals surface area contributed by atoms with E-state index in [4.69, 9.17) is 38.0 Å². The van der Waals surface area contributed by atoms with Gasteiger partial charge in [0, 0.05) is 7.05 Å². The zero-order chi connectivity index (χ0) is 23.2. The average molecular weight is 478 g/mol.